The number of hydrogen-bond donors (Lipinski definition) is 0. The van der Waals surface area contributed by atoms with E-state index in [1.807, 2.05) is 25.7 Å². The van der Waals surface area contributed by atoms with Crippen LogP contribution in [-0.2, 0) is 17.8 Å². The standard InChI is InChI=1S/C17H19FN2O2/c1-17(2,3)16(21)20-9-8-14-13(10-20)15(22-19-14)11-4-6-12(18)7-5-11/h4-7H,8-10H2,1-3H3. The van der Waals surface area contributed by atoms with E-state index in [4.69, 9.17) is 4.52 Å². The van der Waals surface area contributed by atoms with Crippen molar-refractivity contribution in [3.63, 3.8) is 0 Å². The number of benzene rings is 1. The van der Waals surface area contributed by atoms with Gasteiger partial charge in [-0.25, -0.2) is 4.39 Å². The van der Waals surface area contributed by atoms with Crippen LogP contribution >= 0.6 is 0 Å². The summed E-state index contributed by atoms with van der Waals surface area (Å²) in [5.74, 6) is 0.451. The van der Waals surface area contributed by atoms with Crippen LogP contribution < -0.4 is 0 Å². The number of rotatable bonds is 1. The molecule has 5 heteroatoms. The highest BCUT2D eigenvalue weighted by Crippen LogP contribution is 2.32. The van der Waals surface area contributed by atoms with E-state index in [9.17, 15) is 9.18 Å². The van der Waals surface area contributed by atoms with Crippen molar-refractivity contribution in [2.45, 2.75) is 33.7 Å². The summed E-state index contributed by atoms with van der Waals surface area (Å²) in [5, 5.41) is 4.10. The van der Waals surface area contributed by atoms with Crippen LogP contribution in [-0.4, -0.2) is 22.5 Å². The van der Waals surface area contributed by atoms with Gasteiger partial charge in [-0.1, -0.05) is 25.9 Å². The van der Waals surface area contributed by atoms with Gasteiger partial charge in [0.15, 0.2) is 5.76 Å². The highest BCUT2D eigenvalue weighted by Gasteiger charge is 2.32. The van der Waals surface area contributed by atoms with Gasteiger partial charge >= 0.3 is 0 Å². The van der Waals surface area contributed by atoms with Gasteiger partial charge in [0.25, 0.3) is 0 Å². The van der Waals surface area contributed by atoms with E-state index in [1.54, 1.807) is 12.1 Å². The molecule has 4 nitrogen and oxygen atoms in total. The first-order valence-electron chi connectivity index (χ1n) is 7.39. The number of carbonyl (C=O) groups is 1. The predicted molar refractivity (Wildman–Crippen MR) is 80.5 cm³/mol. The number of halogens is 1. The van der Waals surface area contributed by atoms with Gasteiger partial charge in [-0.05, 0) is 24.3 Å². The number of nitrogens with zero attached hydrogens (tertiary/aromatic N) is 2. The highest BCUT2D eigenvalue weighted by atomic mass is 19.1. The van der Waals surface area contributed by atoms with E-state index in [0.717, 1.165) is 16.8 Å². The van der Waals surface area contributed by atoms with E-state index < -0.39 is 5.41 Å². The highest BCUT2D eigenvalue weighted by molar-refractivity contribution is 5.82. The van der Waals surface area contributed by atoms with Crippen LogP contribution in [0.3, 0.4) is 0 Å². The first kappa shape index (κ1) is 14.8. The topological polar surface area (TPSA) is 46.3 Å². The van der Waals surface area contributed by atoms with Crippen molar-refractivity contribution in [1.29, 1.82) is 0 Å². The average molecular weight is 302 g/mol. The van der Waals surface area contributed by atoms with Crippen molar-refractivity contribution in [1.82, 2.24) is 10.1 Å². The lowest BCUT2D eigenvalue weighted by Crippen LogP contribution is -2.42. The summed E-state index contributed by atoms with van der Waals surface area (Å²) >= 11 is 0. The van der Waals surface area contributed by atoms with E-state index in [2.05, 4.69) is 5.16 Å². The Balaban J connectivity index is 1.92. The Bertz CT molecular complexity index is 698. The molecule has 3 rings (SSSR count). The Morgan fingerprint density at radius 2 is 1.95 bits per heavy atom. The summed E-state index contributed by atoms with van der Waals surface area (Å²) in [4.78, 5) is 14.3. The van der Waals surface area contributed by atoms with Gasteiger partial charge in [0.05, 0.1) is 12.2 Å². The minimum absolute atomic E-state index is 0.115. The largest absolute Gasteiger partial charge is 0.356 e. The maximum absolute atomic E-state index is 13.1. The fourth-order valence-electron chi connectivity index (χ4n) is 2.69. The summed E-state index contributed by atoms with van der Waals surface area (Å²) in [5.41, 5.74) is 2.18. The monoisotopic (exact) mass is 302 g/mol. The average Bonchev–Trinajstić information content (AvgIpc) is 2.89. The number of hydrogen-bond acceptors (Lipinski definition) is 3. The molecule has 0 radical (unpaired) electrons. The molecule has 0 aliphatic carbocycles. The van der Waals surface area contributed by atoms with Crippen molar-refractivity contribution < 1.29 is 13.7 Å². The minimum Gasteiger partial charge on any atom is -0.356 e. The van der Waals surface area contributed by atoms with Crippen LogP contribution in [0.4, 0.5) is 4.39 Å². The van der Waals surface area contributed by atoms with Gasteiger partial charge < -0.3 is 9.42 Å². The first-order chi connectivity index (χ1) is 10.4. The van der Waals surface area contributed by atoms with Crippen LogP contribution in [0.1, 0.15) is 32.0 Å². The first-order valence-corrected chi connectivity index (χ1v) is 7.39. The Labute approximate surface area is 128 Å². The van der Waals surface area contributed by atoms with Crippen LogP contribution in [0.25, 0.3) is 11.3 Å². The normalized spacial score (nSPS) is 14.8. The summed E-state index contributed by atoms with van der Waals surface area (Å²) in [6.45, 7) is 6.89. The molecular weight excluding hydrogens is 283 g/mol. The zero-order chi connectivity index (χ0) is 15.9. The quantitative estimate of drug-likeness (QED) is 0.811. The maximum Gasteiger partial charge on any atom is 0.228 e. The molecule has 1 aromatic carbocycles. The summed E-state index contributed by atoms with van der Waals surface area (Å²) in [6.07, 6.45) is 0.682. The summed E-state index contributed by atoms with van der Waals surface area (Å²) in [7, 11) is 0. The van der Waals surface area contributed by atoms with Gasteiger partial charge in [0, 0.05) is 29.5 Å². The van der Waals surface area contributed by atoms with Crippen LogP contribution in [0.15, 0.2) is 28.8 Å². The van der Waals surface area contributed by atoms with E-state index in [1.165, 1.54) is 12.1 Å². The third-order valence-corrected chi connectivity index (χ3v) is 3.87. The Hall–Kier alpha value is -2.17. The molecule has 2 aromatic rings. The number of fused-ring (bicyclic) bond motifs is 1. The molecule has 0 saturated carbocycles. The molecule has 0 saturated heterocycles. The smallest absolute Gasteiger partial charge is 0.228 e. The number of aromatic nitrogens is 1. The SMILES string of the molecule is CC(C)(C)C(=O)N1CCc2noc(-c3ccc(F)cc3)c2C1. The molecule has 2 heterocycles. The fourth-order valence-corrected chi connectivity index (χ4v) is 2.69. The van der Waals surface area contributed by atoms with Gasteiger partial charge in [0.1, 0.15) is 5.82 Å². The molecule has 1 amide bonds. The molecule has 1 aliphatic heterocycles. The third-order valence-electron chi connectivity index (χ3n) is 3.87. The molecule has 0 spiro atoms. The molecule has 1 aliphatic rings. The Morgan fingerprint density at radius 3 is 2.59 bits per heavy atom. The second kappa shape index (κ2) is 5.23. The van der Waals surface area contributed by atoms with Crippen molar-refractivity contribution >= 4 is 5.91 Å². The molecule has 116 valence electrons. The predicted octanol–water partition coefficient (Wildman–Crippen LogP) is 3.41. The molecule has 0 bridgehead atoms. The van der Waals surface area contributed by atoms with Crippen LogP contribution in [0, 0.1) is 11.2 Å². The lowest BCUT2D eigenvalue weighted by Gasteiger charge is -2.32. The molecule has 0 fully saturated rings. The summed E-state index contributed by atoms with van der Waals surface area (Å²) < 4.78 is 18.5. The molecule has 1 aromatic heterocycles. The molecule has 0 atom stereocenters. The van der Waals surface area contributed by atoms with E-state index >= 15 is 0 Å². The van der Waals surface area contributed by atoms with Gasteiger partial charge in [-0.2, -0.15) is 0 Å². The van der Waals surface area contributed by atoms with Gasteiger partial charge in [-0.15, -0.1) is 0 Å². The fraction of sp³-hybridized carbons (Fsp3) is 0.412. The van der Waals surface area contributed by atoms with Crippen LogP contribution in [0.2, 0.25) is 0 Å². The Kier molecular flexibility index (Phi) is 3.51. The van der Waals surface area contributed by atoms with Crippen molar-refractivity contribution in [2.24, 2.45) is 5.41 Å². The third kappa shape index (κ3) is 2.63. The maximum atomic E-state index is 13.1. The number of carbonyl (C=O) groups excluding carboxylic acids is 1. The van der Waals surface area contributed by atoms with Gasteiger partial charge in [0.2, 0.25) is 5.91 Å². The zero-order valence-electron chi connectivity index (χ0n) is 13.0. The van der Waals surface area contributed by atoms with Crippen LogP contribution in [0.5, 0.6) is 0 Å². The van der Waals surface area contributed by atoms with Crippen molar-refractivity contribution in [3.05, 3.63) is 41.3 Å². The van der Waals surface area contributed by atoms with Crippen molar-refractivity contribution in [2.75, 3.05) is 6.54 Å². The van der Waals surface area contributed by atoms with E-state index in [0.29, 0.717) is 25.3 Å². The van der Waals surface area contributed by atoms with E-state index in [-0.39, 0.29) is 11.7 Å². The second-order valence-electron chi connectivity index (χ2n) is 6.67. The second-order valence-corrected chi connectivity index (χ2v) is 6.67. The lowest BCUT2D eigenvalue weighted by molar-refractivity contribution is -0.140. The van der Waals surface area contributed by atoms with Gasteiger partial charge in [-0.3, -0.25) is 4.79 Å². The molecule has 0 N–H and O–H groups in total. The zero-order valence-corrected chi connectivity index (χ0v) is 13.0. The molecule has 22 heavy (non-hydrogen) atoms. The van der Waals surface area contributed by atoms with Crippen molar-refractivity contribution in [3.8, 4) is 11.3 Å². The summed E-state index contributed by atoms with van der Waals surface area (Å²) in [6, 6.07) is 6.12. The molecule has 0 unspecified atom stereocenters. The lowest BCUT2D eigenvalue weighted by atomic mass is 9.92. The minimum atomic E-state index is -0.412. The molecular formula is C17H19FN2O2. The Morgan fingerprint density at radius 1 is 1.27 bits per heavy atom. The number of amides is 1.